The molecule has 17 heavy (non-hydrogen) atoms. The molecule has 1 heteroatoms. The summed E-state index contributed by atoms with van der Waals surface area (Å²) in [6.07, 6.45) is 9.40. The SMILES string of the molecule is CC(C)CN(C)CC12CC3CC(CC(C3)C1)C2. The van der Waals surface area contributed by atoms with Gasteiger partial charge in [0.1, 0.15) is 0 Å². The predicted octanol–water partition coefficient (Wildman–Crippen LogP) is 3.79. The summed E-state index contributed by atoms with van der Waals surface area (Å²) >= 11 is 0. The van der Waals surface area contributed by atoms with Gasteiger partial charge in [0.25, 0.3) is 0 Å². The highest BCUT2D eigenvalue weighted by Crippen LogP contribution is 2.60. The van der Waals surface area contributed by atoms with Gasteiger partial charge in [-0.15, -0.1) is 0 Å². The first kappa shape index (κ1) is 12.0. The Balaban J connectivity index is 1.65. The Labute approximate surface area is 107 Å². The Bertz CT molecular complexity index is 246. The molecular weight excluding hydrogens is 206 g/mol. The lowest BCUT2D eigenvalue weighted by atomic mass is 9.49. The summed E-state index contributed by atoms with van der Waals surface area (Å²) < 4.78 is 0. The molecule has 0 N–H and O–H groups in total. The highest BCUT2D eigenvalue weighted by atomic mass is 15.1. The van der Waals surface area contributed by atoms with Crippen LogP contribution in [0.4, 0.5) is 0 Å². The highest BCUT2D eigenvalue weighted by molar-refractivity contribution is 5.02. The maximum atomic E-state index is 2.62. The molecule has 4 rings (SSSR count). The summed E-state index contributed by atoms with van der Waals surface area (Å²) in [4.78, 5) is 2.62. The lowest BCUT2D eigenvalue weighted by Gasteiger charge is -2.57. The summed E-state index contributed by atoms with van der Waals surface area (Å²) in [7, 11) is 2.35. The zero-order chi connectivity index (χ0) is 12.0. The highest BCUT2D eigenvalue weighted by Gasteiger charge is 2.50. The van der Waals surface area contributed by atoms with Crippen LogP contribution in [0.25, 0.3) is 0 Å². The van der Waals surface area contributed by atoms with Crippen molar-refractivity contribution < 1.29 is 0 Å². The molecule has 0 aromatic heterocycles. The molecule has 4 bridgehead atoms. The van der Waals surface area contributed by atoms with Crippen LogP contribution in [0.3, 0.4) is 0 Å². The van der Waals surface area contributed by atoms with E-state index in [0.717, 1.165) is 29.1 Å². The van der Waals surface area contributed by atoms with Crippen molar-refractivity contribution in [2.75, 3.05) is 20.1 Å². The fraction of sp³-hybridized carbons (Fsp3) is 1.00. The average molecular weight is 235 g/mol. The predicted molar refractivity (Wildman–Crippen MR) is 72.9 cm³/mol. The summed E-state index contributed by atoms with van der Waals surface area (Å²) in [5, 5.41) is 0. The van der Waals surface area contributed by atoms with Crippen LogP contribution in [0.5, 0.6) is 0 Å². The Kier molecular flexibility index (Phi) is 3.01. The fourth-order valence-corrected chi connectivity index (χ4v) is 5.74. The van der Waals surface area contributed by atoms with Gasteiger partial charge >= 0.3 is 0 Å². The zero-order valence-corrected chi connectivity index (χ0v) is 11.9. The third-order valence-corrected chi connectivity index (χ3v) is 5.45. The topological polar surface area (TPSA) is 3.24 Å². The van der Waals surface area contributed by atoms with E-state index in [4.69, 9.17) is 0 Å². The Morgan fingerprint density at radius 1 is 1.00 bits per heavy atom. The van der Waals surface area contributed by atoms with Crippen LogP contribution in [-0.4, -0.2) is 25.0 Å². The van der Waals surface area contributed by atoms with Crippen molar-refractivity contribution in [2.45, 2.75) is 52.4 Å². The van der Waals surface area contributed by atoms with Gasteiger partial charge in [-0.2, -0.15) is 0 Å². The minimum absolute atomic E-state index is 0.735. The Morgan fingerprint density at radius 3 is 1.88 bits per heavy atom. The van der Waals surface area contributed by atoms with Crippen molar-refractivity contribution in [1.29, 1.82) is 0 Å². The van der Waals surface area contributed by atoms with Crippen LogP contribution in [-0.2, 0) is 0 Å². The van der Waals surface area contributed by atoms with Crippen LogP contribution >= 0.6 is 0 Å². The minimum Gasteiger partial charge on any atom is -0.306 e. The standard InChI is InChI=1S/C16H29N/c1-12(2)10-17(3)11-16-7-13-4-14(8-16)6-15(5-13)9-16/h12-15H,4-11H2,1-3H3. The van der Waals surface area contributed by atoms with E-state index >= 15 is 0 Å². The van der Waals surface area contributed by atoms with Crippen molar-refractivity contribution in [3.63, 3.8) is 0 Å². The third kappa shape index (κ3) is 2.41. The van der Waals surface area contributed by atoms with Crippen molar-refractivity contribution >= 4 is 0 Å². The van der Waals surface area contributed by atoms with Gasteiger partial charge in [-0.1, -0.05) is 13.8 Å². The van der Waals surface area contributed by atoms with Gasteiger partial charge in [0.15, 0.2) is 0 Å². The smallest absolute Gasteiger partial charge is 0.00353 e. The number of rotatable bonds is 4. The minimum atomic E-state index is 0.735. The molecule has 4 aliphatic rings. The van der Waals surface area contributed by atoms with Gasteiger partial charge in [0, 0.05) is 13.1 Å². The van der Waals surface area contributed by atoms with Crippen LogP contribution in [0.1, 0.15) is 52.4 Å². The van der Waals surface area contributed by atoms with Crippen LogP contribution in [0, 0.1) is 29.1 Å². The first-order valence-corrected chi connectivity index (χ1v) is 7.73. The van der Waals surface area contributed by atoms with E-state index < -0.39 is 0 Å². The van der Waals surface area contributed by atoms with E-state index in [1.807, 2.05) is 0 Å². The molecule has 0 aromatic rings. The van der Waals surface area contributed by atoms with Crippen molar-refractivity contribution in [1.82, 2.24) is 4.90 Å². The van der Waals surface area contributed by atoms with Gasteiger partial charge in [-0.3, -0.25) is 0 Å². The first-order valence-electron chi connectivity index (χ1n) is 7.73. The normalized spacial score (nSPS) is 43.9. The molecule has 0 spiro atoms. The van der Waals surface area contributed by atoms with Crippen LogP contribution in [0.2, 0.25) is 0 Å². The molecule has 0 aliphatic heterocycles. The summed E-state index contributed by atoms with van der Waals surface area (Å²) in [6, 6.07) is 0. The molecule has 4 fully saturated rings. The maximum absolute atomic E-state index is 2.62. The summed E-state index contributed by atoms with van der Waals surface area (Å²) in [6.45, 7) is 7.35. The molecule has 0 saturated heterocycles. The number of nitrogens with zero attached hydrogens (tertiary/aromatic N) is 1. The van der Waals surface area contributed by atoms with Crippen LogP contribution in [0.15, 0.2) is 0 Å². The third-order valence-electron chi connectivity index (χ3n) is 5.45. The maximum Gasteiger partial charge on any atom is 0.00353 e. The van der Waals surface area contributed by atoms with E-state index in [-0.39, 0.29) is 0 Å². The Hall–Kier alpha value is -0.0400. The number of hydrogen-bond donors (Lipinski definition) is 0. The average Bonchev–Trinajstić information content (AvgIpc) is 2.11. The molecular formula is C16H29N. The quantitative estimate of drug-likeness (QED) is 0.716. The van der Waals surface area contributed by atoms with E-state index in [2.05, 4.69) is 25.8 Å². The van der Waals surface area contributed by atoms with E-state index in [0.29, 0.717) is 0 Å². The molecule has 4 saturated carbocycles. The fourth-order valence-electron chi connectivity index (χ4n) is 5.74. The van der Waals surface area contributed by atoms with Gasteiger partial charge in [0.05, 0.1) is 0 Å². The summed E-state index contributed by atoms with van der Waals surface area (Å²) in [5.74, 6) is 4.13. The monoisotopic (exact) mass is 235 g/mol. The molecule has 0 atom stereocenters. The molecule has 0 radical (unpaired) electrons. The molecule has 0 aromatic carbocycles. The lowest BCUT2D eigenvalue weighted by Crippen LogP contribution is -2.51. The van der Waals surface area contributed by atoms with E-state index in [9.17, 15) is 0 Å². The van der Waals surface area contributed by atoms with Crippen LogP contribution < -0.4 is 0 Å². The van der Waals surface area contributed by atoms with Crippen molar-refractivity contribution in [3.05, 3.63) is 0 Å². The number of hydrogen-bond acceptors (Lipinski definition) is 1. The van der Waals surface area contributed by atoms with Gasteiger partial charge in [-0.25, -0.2) is 0 Å². The Morgan fingerprint density at radius 2 is 1.47 bits per heavy atom. The van der Waals surface area contributed by atoms with E-state index in [1.165, 1.54) is 13.1 Å². The largest absolute Gasteiger partial charge is 0.306 e. The van der Waals surface area contributed by atoms with Crippen molar-refractivity contribution in [2.24, 2.45) is 29.1 Å². The summed E-state index contributed by atoms with van der Waals surface area (Å²) in [5.41, 5.74) is 0.735. The molecule has 4 aliphatic carbocycles. The van der Waals surface area contributed by atoms with Gasteiger partial charge in [-0.05, 0) is 74.7 Å². The first-order chi connectivity index (χ1) is 8.05. The zero-order valence-electron chi connectivity index (χ0n) is 11.9. The molecule has 98 valence electrons. The molecule has 0 amide bonds. The van der Waals surface area contributed by atoms with Crippen molar-refractivity contribution in [3.8, 4) is 0 Å². The van der Waals surface area contributed by atoms with E-state index in [1.54, 1.807) is 38.5 Å². The molecule has 0 heterocycles. The molecule has 0 unspecified atom stereocenters. The molecule has 1 nitrogen and oxygen atoms in total. The second kappa shape index (κ2) is 4.26. The second-order valence-electron chi connectivity index (χ2n) is 8.01. The van der Waals surface area contributed by atoms with Gasteiger partial charge < -0.3 is 4.90 Å². The van der Waals surface area contributed by atoms with Gasteiger partial charge in [0.2, 0.25) is 0 Å². The lowest BCUT2D eigenvalue weighted by molar-refractivity contribution is -0.0670. The second-order valence-corrected chi connectivity index (χ2v) is 8.01.